The molecule has 1 rings (SSSR count). The van der Waals surface area contributed by atoms with Crippen molar-refractivity contribution in [2.45, 2.75) is 27.2 Å². The Hall–Kier alpha value is -0.770. The summed E-state index contributed by atoms with van der Waals surface area (Å²) in [6.07, 6.45) is 5.60. The fourth-order valence-electron chi connectivity index (χ4n) is 1.29. The van der Waals surface area contributed by atoms with Crippen LogP contribution in [-0.4, -0.2) is 21.8 Å². The first-order chi connectivity index (χ1) is 6.95. The van der Waals surface area contributed by atoms with E-state index in [4.69, 9.17) is 4.74 Å². The molecule has 3 nitrogen and oxygen atoms in total. The average molecular weight is 232 g/mol. The van der Waals surface area contributed by atoms with Gasteiger partial charge in [0.15, 0.2) is 9.84 Å². The van der Waals surface area contributed by atoms with Crippen LogP contribution in [0.15, 0.2) is 22.8 Å². The van der Waals surface area contributed by atoms with Crippen molar-refractivity contribution in [3.05, 3.63) is 22.8 Å². The Morgan fingerprint density at radius 3 is 2.33 bits per heavy atom. The molecule has 0 fully saturated rings. The first kappa shape index (κ1) is 14.2. The number of hydrogen-bond acceptors (Lipinski definition) is 3. The topological polar surface area (TPSA) is 43.4 Å². The number of ether oxygens (including phenoxy) is 1. The maximum absolute atomic E-state index is 11.3. The standard InChI is InChI=1S/C9H14O3S.C2H6/c1-7-4-5-8(12-2)9(6-7)13(3,10)11;1-2/h5-7H,4H2,1-3H3;1-2H3/t7-;/m0./s1. The highest BCUT2D eigenvalue weighted by atomic mass is 32.2. The van der Waals surface area contributed by atoms with E-state index in [0.29, 0.717) is 10.7 Å². The molecule has 1 atom stereocenters. The molecule has 0 aliphatic heterocycles. The molecule has 0 spiro atoms. The van der Waals surface area contributed by atoms with Gasteiger partial charge in [0.2, 0.25) is 0 Å². The van der Waals surface area contributed by atoms with Crippen LogP contribution in [0.5, 0.6) is 0 Å². The second-order valence-electron chi connectivity index (χ2n) is 3.29. The van der Waals surface area contributed by atoms with E-state index in [2.05, 4.69) is 0 Å². The van der Waals surface area contributed by atoms with E-state index in [9.17, 15) is 8.42 Å². The van der Waals surface area contributed by atoms with Crippen molar-refractivity contribution in [1.82, 2.24) is 0 Å². The molecule has 0 saturated heterocycles. The van der Waals surface area contributed by atoms with E-state index in [-0.39, 0.29) is 5.92 Å². The Kier molecular flexibility index (Phi) is 5.65. The molecular formula is C11H20O3S. The summed E-state index contributed by atoms with van der Waals surface area (Å²) in [6.45, 7) is 5.98. The minimum atomic E-state index is -3.15. The van der Waals surface area contributed by atoms with Crippen molar-refractivity contribution >= 4 is 9.84 Å². The van der Waals surface area contributed by atoms with Gasteiger partial charge < -0.3 is 4.74 Å². The van der Waals surface area contributed by atoms with Crippen molar-refractivity contribution < 1.29 is 13.2 Å². The SMILES string of the molecule is CC.COC1=CC[C@H](C)C=C1S(C)(=O)=O. The Morgan fingerprint density at radius 1 is 1.40 bits per heavy atom. The fourth-order valence-corrected chi connectivity index (χ4v) is 2.30. The monoisotopic (exact) mass is 232 g/mol. The van der Waals surface area contributed by atoms with Crippen LogP contribution in [-0.2, 0) is 14.6 Å². The summed E-state index contributed by atoms with van der Waals surface area (Å²) in [5, 5.41) is 0. The molecule has 0 aromatic carbocycles. The highest BCUT2D eigenvalue weighted by Gasteiger charge is 2.21. The molecule has 0 heterocycles. The quantitative estimate of drug-likeness (QED) is 0.734. The van der Waals surface area contributed by atoms with Gasteiger partial charge in [-0.15, -0.1) is 0 Å². The van der Waals surface area contributed by atoms with Crippen LogP contribution >= 0.6 is 0 Å². The van der Waals surface area contributed by atoms with Gasteiger partial charge in [-0.3, -0.25) is 0 Å². The van der Waals surface area contributed by atoms with E-state index in [1.165, 1.54) is 13.4 Å². The molecular weight excluding hydrogens is 212 g/mol. The minimum Gasteiger partial charge on any atom is -0.496 e. The Balaban J connectivity index is 0.000000921. The van der Waals surface area contributed by atoms with Crippen molar-refractivity contribution in [3.8, 4) is 0 Å². The molecule has 88 valence electrons. The first-order valence-corrected chi connectivity index (χ1v) is 7.00. The van der Waals surface area contributed by atoms with Crippen molar-refractivity contribution in [2.24, 2.45) is 5.92 Å². The largest absolute Gasteiger partial charge is 0.496 e. The van der Waals surface area contributed by atoms with Gasteiger partial charge in [0, 0.05) is 6.26 Å². The highest BCUT2D eigenvalue weighted by molar-refractivity contribution is 7.94. The van der Waals surface area contributed by atoms with Gasteiger partial charge in [-0.1, -0.05) is 26.8 Å². The van der Waals surface area contributed by atoms with E-state index < -0.39 is 9.84 Å². The summed E-state index contributed by atoms with van der Waals surface area (Å²) in [4.78, 5) is 0.314. The predicted octanol–water partition coefficient (Wildman–Crippen LogP) is 2.51. The maximum atomic E-state index is 11.3. The summed E-state index contributed by atoms with van der Waals surface area (Å²) in [5.41, 5.74) is 0. The van der Waals surface area contributed by atoms with Crippen molar-refractivity contribution in [2.75, 3.05) is 13.4 Å². The van der Waals surface area contributed by atoms with E-state index in [0.717, 1.165) is 6.42 Å². The number of hydrogen-bond donors (Lipinski definition) is 0. The zero-order valence-electron chi connectivity index (χ0n) is 10.1. The van der Waals surface area contributed by atoms with Crippen LogP contribution < -0.4 is 0 Å². The molecule has 0 saturated carbocycles. The third-order valence-corrected chi connectivity index (χ3v) is 3.11. The first-order valence-electron chi connectivity index (χ1n) is 5.11. The molecule has 0 amide bonds. The smallest absolute Gasteiger partial charge is 0.178 e. The second kappa shape index (κ2) is 5.95. The number of rotatable bonds is 2. The van der Waals surface area contributed by atoms with E-state index >= 15 is 0 Å². The summed E-state index contributed by atoms with van der Waals surface area (Å²) >= 11 is 0. The Bertz CT molecular complexity index is 350. The molecule has 0 aromatic rings. The molecule has 1 aliphatic rings. The van der Waals surface area contributed by atoms with Crippen LogP contribution in [0.2, 0.25) is 0 Å². The zero-order valence-corrected chi connectivity index (χ0v) is 10.9. The lowest BCUT2D eigenvalue weighted by Gasteiger charge is -2.16. The molecule has 0 aromatic heterocycles. The lowest BCUT2D eigenvalue weighted by Crippen LogP contribution is -2.11. The lowest BCUT2D eigenvalue weighted by molar-refractivity contribution is 0.299. The second-order valence-corrected chi connectivity index (χ2v) is 5.27. The van der Waals surface area contributed by atoms with Crippen LogP contribution in [0, 0.1) is 5.92 Å². The third-order valence-electron chi connectivity index (χ3n) is 1.97. The van der Waals surface area contributed by atoms with Gasteiger partial charge in [-0.05, 0) is 18.4 Å². The molecule has 0 N–H and O–H groups in total. The maximum Gasteiger partial charge on any atom is 0.178 e. The van der Waals surface area contributed by atoms with Crippen LogP contribution in [0.3, 0.4) is 0 Å². The van der Waals surface area contributed by atoms with Crippen LogP contribution in [0.1, 0.15) is 27.2 Å². The number of sulfone groups is 1. The van der Waals surface area contributed by atoms with Gasteiger partial charge in [0.25, 0.3) is 0 Å². The fraction of sp³-hybridized carbons (Fsp3) is 0.636. The summed E-state index contributed by atoms with van der Waals surface area (Å²) in [6, 6.07) is 0. The minimum absolute atomic E-state index is 0.267. The zero-order chi connectivity index (χ0) is 12.1. The molecule has 0 bridgehead atoms. The van der Waals surface area contributed by atoms with Gasteiger partial charge in [-0.2, -0.15) is 0 Å². The summed E-state index contributed by atoms with van der Waals surface area (Å²) in [7, 11) is -1.67. The summed E-state index contributed by atoms with van der Waals surface area (Å²) in [5.74, 6) is 0.740. The lowest BCUT2D eigenvalue weighted by atomic mass is 10.0. The summed E-state index contributed by atoms with van der Waals surface area (Å²) < 4.78 is 27.6. The van der Waals surface area contributed by atoms with Gasteiger partial charge in [0.05, 0.1) is 7.11 Å². The van der Waals surface area contributed by atoms with Crippen LogP contribution in [0.25, 0.3) is 0 Å². The number of methoxy groups -OCH3 is 1. The van der Waals surface area contributed by atoms with E-state index in [1.807, 2.05) is 26.8 Å². The normalized spacial score (nSPS) is 20.7. The van der Waals surface area contributed by atoms with Crippen molar-refractivity contribution in [3.63, 3.8) is 0 Å². The van der Waals surface area contributed by atoms with Gasteiger partial charge in [-0.25, -0.2) is 8.42 Å². The third kappa shape index (κ3) is 4.08. The molecule has 0 radical (unpaired) electrons. The Morgan fingerprint density at radius 2 is 1.93 bits per heavy atom. The van der Waals surface area contributed by atoms with E-state index in [1.54, 1.807) is 6.08 Å². The Labute approximate surface area is 92.7 Å². The molecule has 0 unspecified atom stereocenters. The van der Waals surface area contributed by atoms with Gasteiger partial charge in [0.1, 0.15) is 10.7 Å². The average Bonchev–Trinajstić information content (AvgIpc) is 2.19. The highest BCUT2D eigenvalue weighted by Crippen LogP contribution is 2.26. The molecule has 15 heavy (non-hydrogen) atoms. The predicted molar refractivity (Wildman–Crippen MR) is 63.1 cm³/mol. The van der Waals surface area contributed by atoms with Gasteiger partial charge >= 0.3 is 0 Å². The molecule has 4 heteroatoms. The number of allylic oxidation sites excluding steroid dienone is 2. The van der Waals surface area contributed by atoms with Crippen molar-refractivity contribution in [1.29, 1.82) is 0 Å². The van der Waals surface area contributed by atoms with Crippen LogP contribution in [0.4, 0.5) is 0 Å². The molecule has 1 aliphatic carbocycles.